The van der Waals surface area contributed by atoms with Gasteiger partial charge in [0.15, 0.2) is 0 Å². The molecule has 1 saturated heterocycles. The van der Waals surface area contributed by atoms with Crippen LogP contribution >= 0.6 is 0 Å². The van der Waals surface area contributed by atoms with Crippen LogP contribution in [0.25, 0.3) is 10.9 Å². The highest BCUT2D eigenvalue weighted by Gasteiger charge is 2.53. The van der Waals surface area contributed by atoms with Crippen LogP contribution in [0.3, 0.4) is 0 Å². The van der Waals surface area contributed by atoms with Crippen molar-refractivity contribution < 1.29 is 19.1 Å². The van der Waals surface area contributed by atoms with Gasteiger partial charge in [0.25, 0.3) is 11.8 Å². The van der Waals surface area contributed by atoms with Crippen molar-refractivity contribution in [3.63, 3.8) is 0 Å². The highest BCUT2D eigenvalue weighted by atomic mass is 16.5. The van der Waals surface area contributed by atoms with E-state index >= 15 is 0 Å². The predicted octanol–water partition coefficient (Wildman–Crippen LogP) is 5.63. The number of rotatable bonds is 7. The Bertz CT molecular complexity index is 1830. The van der Waals surface area contributed by atoms with Gasteiger partial charge < -0.3 is 15.0 Å². The number of hydrogen-bond donors (Lipinski definition) is 2. The number of nitrogens with zero attached hydrogens (tertiary/aromatic N) is 2. The molecule has 8 heteroatoms. The number of nitrogens with one attached hydrogen (secondary N) is 2. The molecule has 2 N–H and O–H groups in total. The molecule has 1 fully saturated rings. The summed E-state index contributed by atoms with van der Waals surface area (Å²) >= 11 is 0. The minimum atomic E-state index is -0.660. The van der Waals surface area contributed by atoms with Crippen molar-refractivity contribution in [2.24, 2.45) is 0 Å². The fourth-order valence-electron chi connectivity index (χ4n) is 6.27. The molecule has 2 atom stereocenters. The van der Waals surface area contributed by atoms with Gasteiger partial charge in [-0.2, -0.15) is 0 Å². The van der Waals surface area contributed by atoms with E-state index in [-0.39, 0.29) is 17.8 Å². The van der Waals surface area contributed by atoms with Gasteiger partial charge in [-0.15, -0.1) is 0 Å². The van der Waals surface area contributed by atoms with E-state index in [4.69, 9.17) is 4.74 Å². The fourth-order valence-corrected chi connectivity index (χ4v) is 6.27. The molecular weight excluding hydrogens is 540 g/mol. The first-order valence-corrected chi connectivity index (χ1v) is 14.4. The zero-order valence-electron chi connectivity index (χ0n) is 23.6. The summed E-state index contributed by atoms with van der Waals surface area (Å²) in [4.78, 5) is 47.3. The Kier molecular flexibility index (Phi) is 6.66. The third-order valence-electron chi connectivity index (χ3n) is 8.41. The van der Waals surface area contributed by atoms with E-state index in [9.17, 15) is 14.4 Å². The fraction of sp³-hybridized carbons (Fsp3) is 0.171. The van der Waals surface area contributed by atoms with E-state index < -0.39 is 12.1 Å². The van der Waals surface area contributed by atoms with E-state index in [2.05, 4.69) is 10.3 Å². The topological polar surface area (TPSA) is 94.7 Å². The highest BCUT2D eigenvalue weighted by molar-refractivity contribution is 6.22. The van der Waals surface area contributed by atoms with Gasteiger partial charge in [0.1, 0.15) is 17.8 Å². The van der Waals surface area contributed by atoms with Crippen LogP contribution in [0.4, 0.5) is 10.5 Å². The highest BCUT2D eigenvalue weighted by Crippen LogP contribution is 2.45. The molecule has 214 valence electrons. The number of aromatic nitrogens is 1. The summed E-state index contributed by atoms with van der Waals surface area (Å²) in [5.41, 5.74) is 5.85. The molecule has 43 heavy (non-hydrogen) atoms. The molecule has 4 amide bonds. The quantitative estimate of drug-likeness (QED) is 0.248. The summed E-state index contributed by atoms with van der Waals surface area (Å²) in [6, 6.07) is 30.7. The lowest BCUT2D eigenvalue weighted by molar-refractivity contribution is -0.120. The first-order chi connectivity index (χ1) is 21.0. The van der Waals surface area contributed by atoms with Gasteiger partial charge in [0, 0.05) is 35.1 Å². The van der Waals surface area contributed by atoms with Gasteiger partial charge in [-0.25, -0.2) is 9.69 Å². The van der Waals surface area contributed by atoms with Gasteiger partial charge in [-0.05, 0) is 65.6 Å². The summed E-state index contributed by atoms with van der Waals surface area (Å²) in [6.07, 6.45) is 1.14. The van der Waals surface area contributed by atoms with Crippen molar-refractivity contribution >= 4 is 34.4 Å². The Balaban J connectivity index is 1.17. The van der Waals surface area contributed by atoms with Crippen LogP contribution in [0.2, 0.25) is 0 Å². The summed E-state index contributed by atoms with van der Waals surface area (Å²) in [5, 5.41) is 3.99. The maximum absolute atomic E-state index is 14.1. The lowest BCUT2D eigenvalue weighted by Gasteiger charge is -2.36. The molecule has 5 aromatic rings. The minimum Gasteiger partial charge on any atom is -0.497 e. The van der Waals surface area contributed by atoms with Gasteiger partial charge in [-0.3, -0.25) is 14.5 Å². The molecule has 1 aromatic heterocycles. The molecule has 0 radical (unpaired) electrons. The molecule has 7 rings (SSSR count). The van der Waals surface area contributed by atoms with Gasteiger partial charge in [0.05, 0.1) is 12.8 Å². The number of fused-ring (bicyclic) bond motifs is 4. The number of H-pyrrole nitrogens is 1. The Labute approximate surface area is 248 Å². The minimum absolute atomic E-state index is 0.205. The van der Waals surface area contributed by atoms with E-state index in [0.29, 0.717) is 30.0 Å². The van der Waals surface area contributed by atoms with E-state index in [1.54, 1.807) is 36.3 Å². The molecular formula is C35H30N4O4. The SMILES string of the molecule is COc1ccc([C@H]2c3[nH]c4ccccc4c3C[C@H]3C(=O)N(c4ccc(C(=O)NCCc5ccccc5)cc4)C(=O)N23)cc1. The van der Waals surface area contributed by atoms with Crippen LogP contribution in [0, 0.1) is 0 Å². The Morgan fingerprint density at radius 3 is 2.37 bits per heavy atom. The lowest BCUT2D eigenvalue weighted by atomic mass is 9.89. The number of carbonyl (C=O) groups excluding carboxylic acids is 3. The number of benzene rings is 4. The lowest BCUT2D eigenvalue weighted by Crippen LogP contribution is -2.44. The first-order valence-electron chi connectivity index (χ1n) is 14.4. The molecule has 0 spiro atoms. The van der Waals surface area contributed by atoms with Gasteiger partial charge in [0.2, 0.25) is 0 Å². The third kappa shape index (κ3) is 4.61. The summed E-state index contributed by atoms with van der Waals surface area (Å²) in [6.45, 7) is 0.506. The normalized spacial score (nSPS) is 17.6. The summed E-state index contributed by atoms with van der Waals surface area (Å²) in [5.74, 6) is 0.228. The van der Waals surface area contributed by atoms with E-state index in [0.717, 1.165) is 39.7 Å². The zero-order chi connectivity index (χ0) is 29.5. The van der Waals surface area contributed by atoms with Crippen LogP contribution in [-0.2, 0) is 17.6 Å². The molecule has 2 aliphatic rings. The number of urea groups is 1. The third-order valence-corrected chi connectivity index (χ3v) is 8.41. The number of imide groups is 1. The molecule has 4 aromatic carbocycles. The van der Waals surface area contributed by atoms with Crippen molar-refractivity contribution in [3.8, 4) is 5.75 Å². The second-order valence-electron chi connectivity index (χ2n) is 10.9. The largest absolute Gasteiger partial charge is 0.497 e. The molecule has 0 saturated carbocycles. The Hall–Kier alpha value is -5.37. The average molecular weight is 571 g/mol. The number of hydrogen-bond acceptors (Lipinski definition) is 4. The zero-order valence-corrected chi connectivity index (χ0v) is 23.6. The molecule has 8 nitrogen and oxygen atoms in total. The number of ether oxygens (including phenoxy) is 1. The maximum atomic E-state index is 14.1. The number of aromatic amines is 1. The molecule has 0 bridgehead atoms. The number of carbonyl (C=O) groups is 3. The van der Waals surface area contributed by atoms with Crippen LogP contribution < -0.4 is 15.0 Å². The van der Waals surface area contributed by atoms with Crippen molar-refractivity contribution in [2.45, 2.75) is 24.9 Å². The number of methoxy groups -OCH3 is 1. The first kappa shape index (κ1) is 26.5. The second kappa shape index (κ2) is 10.8. The van der Waals surface area contributed by atoms with E-state index in [1.165, 1.54) is 4.90 Å². The van der Waals surface area contributed by atoms with Crippen LogP contribution in [-0.4, -0.2) is 47.4 Å². The van der Waals surface area contributed by atoms with E-state index in [1.807, 2.05) is 78.9 Å². The van der Waals surface area contributed by atoms with Crippen LogP contribution in [0.1, 0.15) is 38.8 Å². The number of anilines is 1. The maximum Gasteiger partial charge on any atom is 0.332 e. The molecule has 0 unspecified atom stereocenters. The predicted molar refractivity (Wildman–Crippen MR) is 164 cm³/mol. The number of amides is 4. The molecule has 2 aliphatic heterocycles. The van der Waals surface area contributed by atoms with Crippen LogP contribution in [0.5, 0.6) is 5.75 Å². The summed E-state index contributed by atoms with van der Waals surface area (Å²) in [7, 11) is 1.61. The van der Waals surface area contributed by atoms with Crippen molar-refractivity contribution in [2.75, 3.05) is 18.6 Å². The Morgan fingerprint density at radius 1 is 0.907 bits per heavy atom. The average Bonchev–Trinajstić information content (AvgIpc) is 3.54. The monoisotopic (exact) mass is 570 g/mol. The summed E-state index contributed by atoms with van der Waals surface area (Å²) < 4.78 is 5.36. The van der Waals surface area contributed by atoms with Crippen molar-refractivity contribution in [1.82, 2.24) is 15.2 Å². The number of para-hydroxylation sites is 1. The second-order valence-corrected chi connectivity index (χ2v) is 10.9. The smallest absolute Gasteiger partial charge is 0.332 e. The molecule has 0 aliphatic carbocycles. The van der Waals surface area contributed by atoms with Crippen molar-refractivity contribution in [1.29, 1.82) is 0 Å². The standard InChI is InChI=1S/C35H30N4O4/c1-43-26-17-13-23(14-18-26)32-31-28(27-9-5-6-10-29(27)37-31)21-30-34(41)38(35(42)39(30)32)25-15-11-24(12-16-25)33(40)36-20-19-22-7-3-2-4-8-22/h2-18,30,32,37H,19-21H2,1H3,(H,36,40)/t30-,32-/m0/s1. The van der Waals surface area contributed by atoms with Crippen molar-refractivity contribution in [3.05, 3.63) is 131 Å². The van der Waals surface area contributed by atoms with Crippen LogP contribution in [0.15, 0.2) is 103 Å². The molecule has 3 heterocycles. The Morgan fingerprint density at radius 2 is 1.63 bits per heavy atom. The van der Waals surface area contributed by atoms with Gasteiger partial charge >= 0.3 is 6.03 Å². The van der Waals surface area contributed by atoms with Gasteiger partial charge in [-0.1, -0.05) is 60.7 Å².